The van der Waals surface area contributed by atoms with Crippen molar-refractivity contribution in [1.82, 2.24) is 4.90 Å². The molecule has 0 spiro atoms. The summed E-state index contributed by atoms with van der Waals surface area (Å²) in [5.74, 6) is 1.92. The normalized spacial score (nSPS) is 15.9. The summed E-state index contributed by atoms with van der Waals surface area (Å²) in [5.41, 5.74) is 6.64. The van der Waals surface area contributed by atoms with Gasteiger partial charge in [-0.1, -0.05) is 17.7 Å². The first-order chi connectivity index (χ1) is 12.0. The lowest BCUT2D eigenvalue weighted by Gasteiger charge is -2.33. The Morgan fingerprint density at radius 1 is 1.15 bits per heavy atom. The number of nitrogens with two attached hydrogens (primary N) is 1. The van der Waals surface area contributed by atoms with Crippen LogP contribution in [0.5, 0.6) is 11.5 Å². The molecule has 26 heavy (non-hydrogen) atoms. The van der Waals surface area contributed by atoms with Gasteiger partial charge in [-0.25, -0.2) is 0 Å². The van der Waals surface area contributed by atoms with E-state index in [-0.39, 0.29) is 24.4 Å². The second-order valence-corrected chi connectivity index (χ2v) is 7.01. The van der Waals surface area contributed by atoms with Crippen molar-refractivity contribution in [3.63, 3.8) is 0 Å². The average molecular weight is 395 g/mol. The maximum absolute atomic E-state index is 12.6. The monoisotopic (exact) mass is 394 g/mol. The van der Waals surface area contributed by atoms with Crippen molar-refractivity contribution in [3.05, 3.63) is 59.1 Å². The number of rotatable bonds is 4. The summed E-state index contributed by atoms with van der Waals surface area (Å²) >= 11 is 5.96. The van der Waals surface area contributed by atoms with E-state index in [0.717, 1.165) is 25.9 Å². The molecule has 1 fully saturated rings. The molecule has 4 nitrogen and oxygen atoms in total. The Morgan fingerprint density at radius 3 is 2.38 bits per heavy atom. The van der Waals surface area contributed by atoms with Crippen molar-refractivity contribution >= 4 is 29.9 Å². The minimum atomic E-state index is 0. The number of hydrogen-bond donors (Lipinski definition) is 1. The van der Waals surface area contributed by atoms with Gasteiger partial charge in [0.05, 0.1) is 0 Å². The molecule has 1 saturated heterocycles. The van der Waals surface area contributed by atoms with Crippen LogP contribution in [0.1, 0.15) is 30.1 Å². The number of amides is 1. The molecule has 0 radical (unpaired) electrons. The summed E-state index contributed by atoms with van der Waals surface area (Å²) in [4.78, 5) is 14.5. The van der Waals surface area contributed by atoms with Crippen LogP contribution in [0.15, 0.2) is 48.5 Å². The average Bonchev–Trinajstić information content (AvgIpc) is 2.62. The van der Waals surface area contributed by atoms with Gasteiger partial charge in [0, 0.05) is 29.7 Å². The van der Waals surface area contributed by atoms with E-state index in [9.17, 15) is 4.79 Å². The fourth-order valence-corrected chi connectivity index (χ4v) is 3.32. The Morgan fingerprint density at radius 2 is 1.81 bits per heavy atom. The highest BCUT2D eigenvalue weighted by atomic mass is 35.5. The lowest BCUT2D eigenvalue weighted by Crippen LogP contribution is -2.42. The van der Waals surface area contributed by atoms with Gasteiger partial charge in [0.1, 0.15) is 11.5 Å². The molecule has 1 aliphatic rings. The van der Waals surface area contributed by atoms with Gasteiger partial charge in [-0.05, 0) is 68.1 Å². The quantitative estimate of drug-likeness (QED) is 0.813. The third-order valence-corrected chi connectivity index (χ3v) is 4.94. The number of piperidine rings is 1. The number of likely N-dealkylation sites (tertiary alicyclic amines) is 1. The Labute approximate surface area is 165 Å². The third kappa shape index (κ3) is 5.13. The Balaban J connectivity index is 0.00000243. The van der Waals surface area contributed by atoms with E-state index in [4.69, 9.17) is 22.1 Å². The van der Waals surface area contributed by atoms with Gasteiger partial charge in [-0.3, -0.25) is 4.79 Å². The summed E-state index contributed by atoms with van der Waals surface area (Å²) in [6.07, 6.45) is 1.94. The SMILES string of the molecule is CC(N)C1CCN(C(=O)c2ccc(Oc3cccc(Cl)c3)cc2)CC1.Cl. The van der Waals surface area contributed by atoms with Crippen LogP contribution in [0.3, 0.4) is 0 Å². The molecule has 0 bridgehead atoms. The fourth-order valence-electron chi connectivity index (χ4n) is 3.14. The smallest absolute Gasteiger partial charge is 0.253 e. The molecule has 2 aromatic carbocycles. The first kappa shape index (κ1) is 20.6. The van der Waals surface area contributed by atoms with Crippen LogP contribution < -0.4 is 10.5 Å². The van der Waals surface area contributed by atoms with Gasteiger partial charge >= 0.3 is 0 Å². The molecule has 6 heteroatoms. The van der Waals surface area contributed by atoms with Crippen molar-refractivity contribution in [3.8, 4) is 11.5 Å². The van der Waals surface area contributed by atoms with E-state index >= 15 is 0 Å². The molecule has 1 unspecified atom stereocenters. The lowest BCUT2D eigenvalue weighted by molar-refractivity contribution is 0.0681. The molecule has 2 aromatic rings. The van der Waals surface area contributed by atoms with Gasteiger partial charge in [-0.2, -0.15) is 0 Å². The Kier molecular flexibility index (Phi) is 7.33. The molecule has 1 heterocycles. The molecule has 0 aromatic heterocycles. The molecule has 1 aliphatic heterocycles. The van der Waals surface area contributed by atoms with E-state index in [2.05, 4.69) is 0 Å². The second-order valence-electron chi connectivity index (χ2n) is 6.57. The van der Waals surface area contributed by atoms with Crippen LogP contribution in [0.25, 0.3) is 0 Å². The van der Waals surface area contributed by atoms with Crippen molar-refractivity contribution in [2.24, 2.45) is 11.7 Å². The van der Waals surface area contributed by atoms with Gasteiger partial charge in [0.2, 0.25) is 0 Å². The van der Waals surface area contributed by atoms with Crippen molar-refractivity contribution < 1.29 is 9.53 Å². The van der Waals surface area contributed by atoms with Crippen LogP contribution in [-0.4, -0.2) is 29.9 Å². The minimum absolute atomic E-state index is 0. The maximum Gasteiger partial charge on any atom is 0.253 e. The number of ether oxygens (including phenoxy) is 1. The van der Waals surface area contributed by atoms with Gasteiger partial charge in [-0.15, -0.1) is 12.4 Å². The molecule has 2 N–H and O–H groups in total. The third-order valence-electron chi connectivity index (χ3n) is 4.70. The standard InChI is InChI=1S/C20H23ClN2O2.ClH/c1-14(22)15-9-11-23(12-10-15)20(24)16-5-7-18(8-6-16)25-19-4-2-3-17(21)13-19;/h2-8,13-15H,9-12,22H2,1H3;1H. The zero-order valence-corrected chi connectivity index (χ0v) is 16.3. The van der Waals surface area contributed by atoms with Crippen molar-refractivity contribution in [1.29, 1.82) is 0 Å². The van der Waals surface area contributed by atoms with E-state index in [0.29, 0.717) is 28.0 Å². The van der Waals surface area contributed by atoms with Crippen LogP contribution in [-0.2, 0) is 0 Å². The van der Waals surface area contributed by atoms with E-state index < -0.39 is 0 Å². The fraction of sp³-hybridized carbons (Fsp3) is 0.350. The van der Waals surface area contributed by atoms with Gasteiger partial charge in [0.15, 0.2) is 0 Å². The summed E-state index contributed by atoms with van der Waals surface area (Å²) in [7, 11) is 0. The lowest BCUT2D eigenvalue weighted by atomic mass is 9.90. The Bertz CT molecular complexity index is 727. The predicted octanol–water partition coefficient (Wildman–Crippen LogP) is 4.75. The molecule has 1 amide bonds. The molecular formula is C20H24Cl2N2O2. The molecular weight excluding hydrogens is 371 g/mol. The highest BCUT2D eigenvalue weighted by Gasteiger charge is 2.25. The first-order valence-electron chi connectivity index (χ1n) is 8.61. The van der Waals surface area contributed by atoms with Gasteiger partial charge < -0.3 is 15.4 Å². The predicted molar refractivity (Wildman–Crippen MR) is 107 cm³/mol. The summed E-state index contributed by atoms with van der Waals surface area (Å²) in [6.45, 7) is 3.58. The number of benzene rings is 2. The largest absolute Gasteiger partial charge is 0.457 e. The highest BCUT2D eigenvalue weighted by Crippen LogP contribution is 2.25. The summed E-state index contributed by atoms with van der Waals surface area (Å²) in [5, 5.41) is 0.625. The van der Waals surface area contributed by atoms with E-state index in [1.54, 1.807) is 24.3 Å². The van der Waals surface area contributed by atoms with Crippen LogP contribution >= 0.6 is 24.0 Å². The number of hydrogen-bond acceptors (Lipinski definition) is 3. The number of halogens is 2. The highest BCUT2D eigenvalue weighted by molar-refractivity contribution is 6.30. The van der Waals surface area contributed by atoms with Crippen LogP contribution in [0, 0.1) is 5.92 Å². The molecule has 3 rings (SSSR count). The zero-order chi connectivity index (χ0) is 17.8. The van der Waals surface area contributed by atoms with Crippen LogP contribution in [0.2, 0.25) is 5.02 Å². The summed E-state index contributed by atoms with van der Waals surface area (Å²) in [6, 6.07) is 14.6. The number of carbonyl (C=O) groups is 1. The van der Waals surface area contributed by atoms with Crippen molar-refractivity contribution in [2.75, 3.05) is 13.1 Å². The first-order valence-corrected chi connectivity index (χ1v) is 8.99. The van der Waals surface area contributed by atoms with E-state index in [1.165, 1.54) is 0 Å². The van der Waals surface area contributed by atoms with Crippen molar-refractivity contribution in [2.45, 2.75) is 25.8 Å². The topological polar surface area (TPSA) is 55.6 Å². The minimum Gasteiger partial charge on any atom is -0.457 e. The summed E-state index contributed by atoms with van der Waals surface area (Å²) < 4.78 is 5.76. The Hall–Kier alpha value is -1.75. The van der Waals surface area contributed by atoms with Crippen LogP contribution in [0.4, 0.5) is 0 Å². The molecule has 0 aliphatic carbocycles. The zero-order valence-electron chi connectivity index (χ0n) is 14.7. The van der Waals surface area contributed by atoms with E-state index in [1.807, 2.05) is 36.1 Å². The molecule has 140 valence electrons. The van der Waals surface area contributed by atoms with Gasteiger partial charge in [0.25, 0.3) is 5.91 Å². The maximum atomic E-state index is 12.6. The number of carbonyl (C=O) groups excluding carboxylic acids is 1. The number of nitrogens with zero attached hydrogens (tertiary/aromatic N) is 1. The molecule has 0 saturated carbocycles. The molecule has 1 atom stereocenters. The second kappa shape index (κ2) is 9.26.